The maximum atomic E-state index is 10.1. The lowest BCUT2D eigenvalue weighted by Gasteiger charge is -2.18. The van der Waals surface area contributed by atoms with Gasteiger partial charge in [-0.15, -0.1) is 0 Å². The fourth-order valence-corrected chi connectivity index (χ4v) is 3.11. The highest BCUT2D eigenvalue weighted by atomic mass is 16.5. The minimum Gasteiger partial charge on any atom is -0.491 e. The van der Waals surface area contributed by atoms with Crippen LogP contribution in [0.3, 0.4) is 0 Å². The number of aryl methyl sites for hydroxylation is 2. The summed E-state index contributed by atoms with van der Waals surface area (Å²) in [6.07, 6.45) is 8.40. The number of aliphatic hydroxyl groups excluding tert-OH is 1. The first kappa shape index (κ1) is 22.0. The molecular formula is C22H39NO2. The normalized spacial score (nSPS) is 12.6. The van der Waals surface area contributed by atoms with E-state index in [1.165, 1.54) is 55.2 Å². The van der Waals surface area contributed by atoms with Gasteiger partial charge in [-0.05, 0) is 49.4 Å². The molecule has 0 bridgehead atoms. The summed E-state index contributed by atoms with van der Waals surface area (Å²) in [5.74, 6) is 0.953. The van der Waals surface area contributed by atoms with Crippen LogP contribution in [0.1, 0.15) is 76.0 Å². The number of benzene rings is 1. The summed E-state index contributed by atoms with van der Waals surface area (Å²) in [4.78, 5) is 0. The van der Waals surface area contributed by atoms with E-state index in [9.17, 15) is 5.11 Å². The summed E-state index contributed by atoms with van der Waals surface area (Å²) in [6.45, 7) is 11.6. The van der Waals surface area contributed by atoms with Gasteiger partial charge in [-0.1, -0.05) is 58.9 Å². The highest BCUT2D eigenvalue weighted by Crippen LogP contribution is 2.27. The summed E-state index contributed by atoms with van der Waals surface area (Å²) >= 11 is 0. The molecule has 0 heterocycles. The van der Waals surface area contributed by atoms with Crippen molar-refractivity contribution < 1.29 is 9.84 Å². The molecule has 1 rings (SSSR count). The van der Waals surface area contributed by atoms with E-state index in [1.807, 2.05) is 0 Å². The average Bonchev–Trinajstić information content (AvgIpc) is 2.55. The molecule has 0 saturated carbocycles. The van der Waals surface area contributed by atoms with Gasteiger partial charge >= 0.3 is 0 Å². The first-order valence-electron chi connectivity index (χ1n) is 10.1. The Balaban J connectivity index is 2.56. The van der Waals surface area contributed by atoms with E-state index in [1.54, 1.807) is 0 Å². The number of unbranched alkanes of at least 4 members (excludes halogenated alkanes) is 5. The maximum absolute atomic E-state index is 10.1. The molecule has 0 amide bonds. The number of hydrogen-bond donors (Lipinski definition) is 2. The standard InChI is InChI=1S/C22H39NO2/c1-6-7-8-9-10-11-12-21-19(5)13-18(4)14-22(21)25-16-20(24)15-23-17(2)3/h13-14,17,20,23-24H,6-12,15-16H2,1-5H3. The van der Waals surface area contributed by atoms with E-state index in [0.29, 0.717) is 19.2 Å². The third-order valence-electron chi connectivity index (χ3n) is 4.55. The molecular weight excluding hydrogens is 310 g/mol. The lowest BCUT2D eigenvalue weighted by atomic mass is 9.98. The summed E-state index contributed by atoms with van der Waals surface area (Å²) in [7, 11) is 0. The van der Waals surface area contributed by atoms with E-state index in [4.69, 9.17) is 4.74 Å². The van der Waals surface area contributed by atoms with Gasteiger partial charge in [0.2, 0.25) is 0 Å². The zero-order valence-electron chi connectivity index (χ0n) is 17.0. The second-order valence-corrected chi connectivity index (χ2v) is 7.60. The largest absolute Gasteiger partial charge is 0.491 e. The number of ether oxygens (including phenoxy) is 1. The van der Waals surface area contributed by atoms with Crippen molar-refractivity contribution in [1.29, 1.82) is 0 Å². The van der Waals surface area contributed by atoms with Crippen LogP contribution in [-0.4, -0.2) is 30.4 Å². The molecule has 0 aliphatic heterocycles. The maximum Gasteiger partial charge on any atom is 0.123 e. The molecule has 0 aliphatic carbocycles. The van der Waals surface area contributed by atoms with Crippen LogP contribution in [-0.2, 0) is 6.42 Å². The van der Waals surface area contributed by atoms with Gasteiger partial charge in [-0.25, -0.2) is 0 Å². The van der Waals surface area contributed by atoms with Crippen LogP contribution in [0, 0.1) is 13.8 Å². The van der Waals surface area contributed by atoms with Crippen molar-refractivity contribution in [2.75, 3.05) is 13.2 Å². The predicted molar refractivity (Wildman–Crippen MR) is 108 cm³/mol. The van der Waals surface area contributed by atoms with E-state index >= 15 is 0 Å². The van der Waals surface area contributed by atoms with E-state index < -0.39 is 6.10 Å². The smallest absolute Gasteiger partial charge is 0.123 e. The quantitative estimate of drug-likeness (QED) is 0.495. The van der Waals surface area contributed by atoms with Crippen molar-refractivity contribution in [3.8, 4) is 5.75 Å². The second kappa shape index (κ2) is 12.3. The van der Waals surface area contributed by atoms with E-state index in [0.717, 1.165) is 12.2 Å². The average molecular weight is 350 g/mol. The van der Waals surface area contributed by atoms with Gasteiger partial charge < -0.3 is 15.2 Å². The summed E-state index contributed by atoms with van der Waals surface area (Å²) in [5.41, 5.74) is 3.83. The molecule has 1 atom stereocenters. The van der Waals surface area contributed by atoms with Crippen LogP contribution in [0.5, 0.6) is 5.75 Å². The highest BCUT2D eigenvalue weighted by Gasteiger charge is 2.11. The van der Waals surface area contributed by atoms with Crippen LogP contribution in [0.25, 0.3) is 0 Å². The van der Waals surface area contributed by atoms with Gasteiger partial charge in [0.05, 0.1) is 0 Å². The predicted octanol–water partition coefficient (Wildman–Crippen LogP) is 4.94. The highest BCUT2D eigenvalue weighted by molar-refractivity contribution is 5.43. The molecule has 2 N–H and O–H groups in total. The lowest BCUT2D eigenvalue weighted by Crippen LogP contribution is -2.35. The summed E-state index contributed by atoms with van der Waals surface area (Å²) in [6, 6.07) is 4.72. The summed E-state index contributed by atoms with van der Waals surface area (Å²) in [5, 5.41) is 13.3. The summed E-state index contributed by atoms with van der Waals surface area (Å²) < 4.78 is 6.00. The van der Waals surface area contributed by atoms with Gasteiger partial charge in [0.25, 0.3) is 0 Å². The van der Waals surface area contributed by atoms with Crippen molar-refractivity contribution in [3.05, 3.63) is 28.8 Å². The lowest BCUT2D eigenvalue weighted by molar-refractivity contribution is 0.104. The fraction of sp³-hybridized carbons (Fsp3) is 0.727. The Morgan fingerprint density at radius 1 is 1.04 bits per heavy atom. The molecule has 1 unspecified atom stereocenters. The number of rotatable bonds is 13. The van der Waals surface area contributed by atoms with Crippen LogP contribution in [0.15, 0.2) is 12.1 Å². The second-order valence-electron chi connectivity index (χ2n) is 7.60. The van der Waals surface area contributed by atoms with Crippen LogP contribution < -0.4 is 10.1 Å². The molecule has 1 aromatic carbocycles. The van der Waals surface area contributed by atoms with Crippen LogP contribution in [0.4, 0.5) is 0 Å². The van der Waals surface area contributed by atoms with Gasteiger partial charge in [0.1, 0.15) is 18.5 Å². The minimum atomic E-state index is -0.481. The van der Waals surface area contributed by atoms with Crippen molar-refractivity contribution in [2.24, 2.45) is 0 Å². The molecule has 0 spiro atoms. The zero-order valence-corrected chi connectivity index (χ0v) is 17.0. The number of nitrogens with one attached hydrogen (secondary N) is 1. The zero-order chi connectivity index (χ0) is 18.7. The van der Waals surface area contributed by atoms with Gasteiger partial charge in [0, 0.05) is 12.6 Å². The Morgan fingerprint density at radius 3 is 2.40 bits per heavy atom. The molecule has 144 valence electrons. The molecule has 1 aromatic rings. The van der Waals surface area contributed by atoms with Crippen molar-refractivity contribution >= 4 is 0 Å². The Hall–Kier alpha value is -1.06. The molecule has 3 nitrogen and oxygen atoms in total. The van der Waals surface area contributed by atoms with Gasteiger partial charge in [0.15, 0.2) is 0 Å². The van der Waals surface area contributed by atoms with Crippen molar-refractivity contribution in [3.63, 3.8) is 0 Å². The molecule has 0 saturated heterocycles. The van der Waals surface area contributed by atoms with E-state index in [2.05, 4.69) is 52.1 Å². The fourth-order valence-electron chi connectivity index (χ4n) is 3.11. The molecule has 0 fully saturated rings. The first-order chi connectivity index (χ1) is 11.9. The number of aliphatic hydroxyl groups is 1. The molecule has 0 aromatic heterocycles. The Labute approximate surface area is 155 Å². The van der Waals surface area contributed by atoms with Crippen LogP contribution >= 0.6 is 0 Å². The third-order valence-corrected chi connectivity index (χ3v) is 4.55. The molecule has 3 heteroatoms. The van der Waals surface area contributed by atoms with Gasteiger partial charge in [-0.2, -0.15) is 0 Å². The molecule has 0 aliphatic rings. The SMILES string of the molecule is CCCCCCCCc1c(C)cc(C)cc1OCC(O)CNC(C)C. The number of hydrogen-bond acceptors (Lipinski definition) is 3. The minimum absolute atomic E-state index is 0.339. The van der Waals surface area contributed by atoms with Crippen LogP contribution in [0.2, 0.25) is 0 Å². The van der Waals surface area contributed by atoms with Crippen molar-refractivity contribution in [2.45, 2.75) is 91.7 Å². The molecule has 25 heavy (non-hydrogen) atoms. The Morgan fingerprint density at radius 2 is 1.72 bits per heavy atom. The topological polar surface area (TPSA) is 41.5 Å². The third kappa shape index (κ3) is 9.27. The van der Waals surface area contributed by atoms with Crippen molar-refractivity contribution in [1.82, 2.24) is 5.32 Å². The van der Waals surface area contributed by atoms with E-state index in [-0.39, 0.29) is 0 Å². The molecule has 0 radical (unpaired) electrons. The first-order valence-corrected chi connectivity index (χ1v) is 10.1. The monoisotopic (exact) mass is 349 g/mol. The Kier molecular flexibility index (Phi) is 10.8. The van der Waals surface area contributed by atoms with Gasteiger partial charge in [-0.3, -0.25) is 0 Å². The Bertz CT molecular complexity index is 485.